The third-order valence-corrected chi connectivity index (χ3v) is 7.89. The summed E-state index contributed by atoms with van der Waals surface area (Å²) in [7, 11) is 0. The number of para-hydroxylation sites is 1. The number of rotatable bonds is 2. The molecule has 0 radical (unpaired) electrons. The molecule has 1 saturated carbocycles. The van der Waals surface area contributed by atoms with E-state index in [2.05, 4.69) is 17.5 Å². The number of halogens is 2. The van der Waals surface area contributed by atoms with Crippen molar-refractivity contribution in [2.45, 2.75) is 17.4 Å². The van der Waals surface area contributed by atoms with Crippen LogP contribution in [0.2, 0.25) is 10.0 Å². The van der Waals surface area contributed by atoms with Crippen LogP contribution in [0.4, 0.5) is 11.4 Å². The second-order valence-corrected chi connectivity index (χ2v) is 9.47. The van der Waals surface area contributed by atoms with Crippen molar-refractivity contribution >= 4 is 46.4 Å². The Morgan fingerprint density at radius 2 is 1.62 bits per heavy atom. The molecule has 164 valence electrons. The van der Waals surface area contributed by atoms with Crippen LogP contribution < -0.4 is 10.2 Å². The first-order valence-electron chi connectivity index (χ1n) is 10.5. The summed E-state index contributed by atoms with van der Waals surface area (Å²) in [6, 6.07) is 23.3. The summed E-state index contributed by atoms with van der Waals surface area (Å²) in [6.45, 7) is 0.177. The lowest BCUT2D eigenvalue weighted by Crippen LogP contribution is -2.39. The Labute approximate surface area is 204 Å². The number of nitrogens with one attached hydrogen (secondary N) is 1. The minimum atomic E-state index is -1.97. The van der Waals surface area contributed by atoms with E-state index in [1.165, 1.54) is 4.90 Å². The van der Waals surface area contributed by atoms with E-state index in [-0.39, 0.29) is 6.54 Å². The van der Waals surface area contributed by atoms with Crippen molar-refractivity contribution in [2.75, 3.05) is 10.2 Å². The van der Waals surface area contributed by atoms with E-state index in [4.69, 9.17) is 23.2 Å². The maximum absolute atomic E-state index is 14.4. The molecule has 2 heterocycles. The number of fused-ring (bicyclic) bond motifs is 5. The number of hydrogen-bond donors (Lipinski definition) is 1. The number of carbonyl (C=O) groups excluding carboxylic acids is 2. The molecule has 1 aliphatic carbocycles. The van der Waals surface area contributed by atoms with Gasteiger partial charge in [-0.05, 0) is 34.9 Å². The summed E-state index contributed by atoms with van der Waals surface area (Å²) in [6.07, 6.45) is 0. The van der Waals surface area contributed by atoms with Crippen molar-refractivity contribution < 1.29 is 9.59 Å². The lowest BCUT2D eigenvalue weighted by atomic mass is 9.83. The third kappa shape index (κ3) is 1.99. The van der Waals surface area contributed by atoms with Gasteiger partial charge in [-0.25, -0.2) is 0 Å². The van der Waals surface area contributed by atoms with Gasteiger partial charge in [0.05, 0.1) is 29.4 Å². The van der Waals surface area contributed by atoms with Gasteiger partial charge in [0.25, 0.3) is 0 Å². The fourth-order valence-corrected chi connectivity index (χ4v) is 6.55. The van der Waals surface area contributed by atoms with Gasteiger partial charge in [-0.1, -0.05) is 71.7 Å². The minimum Gasteiger partial charge on any atom is -0.325 e. The highest BCUT2D eigenvalue weighted by Gasteiger charge is 3.00. The minimum absolute atomic E-state index is 0.177. The first kappa shape index (κ1) is 20.7. The molecule has 6 nitrogen and oxygen atoms in total. The zero-order valence-electron chi connectivity index (χ0n) is 17.5. The summed E-state index contributed by atoms with van der Waals surface area (Å²) in [5.74, 6) is -1.07. The monoisotopic (exact) mass is 484 g/mol. The molecule has 0 bridgehead atoms. The quantitative estimate of drug-likeness (QED) is 0.569. The number of anilines is 2. The Bertz CT molecular complexity index is 1510. The number of benzene rings is 3. The molecule has 8 heteroatoms. The standard InChI is InChI=1S/C26H14Cl2N4O2/c27-16-9-10-17-20(11-16)31-22(33)25(17)24(13-29,14-30)26(25)18-7-4-8-19(28)21(18)32(23(26)34)12-15-5-2-1-3-6-15/h1-11H,12H2,(H,31,33)/t25-,26-/m1/s1. The van der Waals surface area contributed by atoms with Gasteiger partial charge in [0.1, 0.15) is 10.8 Å². The van der Waals surface area contributed by atoms with Crippen LogP contribution in [0.1, 0.15) is 16.7 Å². The van der Waals surface area contributed by atoms with Gasteiger partial charge in [-0.3, -0.25) is 9.59 Å². The third-order valence-electron chi connectivity index (χ3n) is 7.34. The van der Waals surface area contributed by atoms with Crippen molar-refractivity contribution in [1.29, 1.82) is 10.5 Å². The van der Waals surface area contributed by atoms with Crippen LogP contribution in [0.5, 0.6) is 0 Å². The van der Waals surface area contributed by atoms with Gasteiger partial charge in [-0.15, -0.1) is 0 Å². The van der Waals surface area contributed by atoms with Crippen molar-refractivity contribution in [1.82, 2.24) is 0 Å². The number of hydrogen-bond acceptors (Lipinski definition) is 4. The van der Waals surface area contributed by atoms with Crippen LogP contribution >= 0.6 is 23.2 Å². The zero-order chi connectivity index (χ0) is 23.9. The van der Waals surface area contributed by atoms with Crippen molar-refractivity contribution in [2.24, 2.45) is 5.41 Å². The van der Waals surface area contributed by atoms with Crippen molar-refractivity contribution in [3.63, 3.8) is 0 Å². The van der Waals surface area contributed by atoms with Gasteiger partial charge in [0.15, 0.2) is 5.41 Å². The Kier molecular flexibility index (Phi) is 4.03. The molecule has 2 aliphatic heterocycles. The molecule has 3 aromatic rings. The Balaban J connectivity index is 1.67. The van der Waals surface area contributed by atoms with Crippen LogP contribution in [-0.2, 0) is 27.0 Å². The van der Waals surface area contributed by atoms with E-state index < -0.39 is 28.1 Å². The first-order valence-corrected chi connectivity index (χ1v) is 11.2. The summed E-state index contributed by atoms with van der Waals surface area (Å²) in [4.78, 5) is 29.5. The largest absolute Gasteiger partial charge is 0.325 e. The molecule has 6 rings (SSSR count). The van der Waals surface area contributed by atoms with Gasteiger partial charge in [0, 0.05) is 10.7 Å². The van der Waals surface area contributed by atoms with E-state index in [0.717, 1.165) is 5.56 Å². The number of amides is 2. The molecule has 0 unspecified atom stereocenters. The molecule has 1 fully saturated rings. The highest BCUT2D eigenvalue weighted by atomic mass is 35.5. The normalized spacial score (nSPS) is 25.0. The topological polar surface area (TPSA) is 97.0 Å². The molecule has 0 aromatic heterocycles. The molecule has 0 saturated heterocycles. The predicted molar refractivity (Wildman–Crippen MR) is 126 cm³/mol. The van der Waals surface area contributed by atoms with E-state index in [0.29, 0.717) is 32.5 Å². The summed E-state index contributed by atoms with van der Waals surface area (Å²) in [5, 5.41) is 24.3. The molecule has 2 atom stereocenters. The van der Waals surface area contributed by atoms with Crippen LogP contribution in [0.15, 0.2) is 66.7 Å². The molecule has 2 amide bonds. The van der Waals surface area contributed by atoms with E-state index in [1.807, 2.05) is 30.3 Å². The molecule has 2 spiro atoms. The van der Waals surface area contributed by atoms with Crippen LogP contribution in [0.3, 0.4) is 0 Å². The smallest absolute Gasteiger partial charge is 0.242 e. The van der Waals surface area contributed by atoms with E-state index in [1.54, 1.807) is 36.4 Å². The Morgan fingerprint density at radius 1 is 0.882 bits per heavy atom. The average Bonchev–Trinajstić information content (AvgIpc) is 3.15. The highest BCUT2D eigenvalue weighted by Crippen LogP contribution is 2.83. The van der Waals surface area contributed by atoms with Gasteiger partial charge < -0.3 is 10.2 Å². The number of nitrogens with zero attached hydrogens (tertiary/aromatic N) is 3. The van der Waals surface area contributed by atoms with Gasteiger partial charge >= 0.3 is 0 Å². The van der Waals surface area contributed by atoms with Crippen molar-refractivity contribution in [3.05, 3.63) is 93.5 Å². The fourth-order valence-electron chi connectivity index (χ4n) is 6.11. The lowest BCUT2D eigenvalue weighted by molar-refractivity contribution is -0.124. The molecule has 34 heavy (non-hydrogen) atoms. The molecule has 1 N–H and O–H groups in total. The van der Waals surface area contributed by atoms with E-state index in [9.17, 15) is 20.1 Å². The molecule has 3 aromatic carbocycles. The predicted octanol–water partition coefficient (Wildman–Crippen LogP) is 4.72. The SMILES string of the molecule is N#CC1(C#N)[C@@]2(C(=O)Nc3cc(Cl)ccc32)[C@]12C(=O)N(Cc1ccccc1)c1c(Cl)cccc12. The van der Waals surface area contributed by atoms with Crippen LogP contribution in [-0.4, -0.2) is 11.8 Å². The Morgan fingerprint density at radius 3 is 2.32 bits per heavy atom. The average molecular weight is 485 g/mol. The second kappa shape index (κ2) is 6.61. The summed E-state index contributed by atoms with van der Waals surface area (Å²) < 4.78 is 0. The Hall–Kier alpha value is -3.84. The lowest BCUT2D eigenvalue weighted by Gasteiger charge is -2.20. The van der Waals surface area contributed by atoms with Gasteiger partial charge in [-0.2, -0.15) is 10.5 Å². The van der Waals surface area contributed by atoms with Crippen molar-refractivity contribution in [3.8, 4) is 12.1 Å². The van der Waals surface area contributed by atoms with E-state index >= 15 is 0 Å². The maximum Gasteiger partial charge on any atom is 0.242 e. The summed E-state index contributed by atoms with van der Waals surface area (Å²) in [5.41, 5.74) is -2.98. The maximum atomic E-state index is 14.4. The second-order valence-electron chi connectivity index (χ2n) is 8.63. The highest BCUT2D eigenvalue weighted by molar-refractivity contribution is 6.36. The summed E-state index contributed by atoms with van der Waals surface area (Å²) >= 11 is 12.7. The molecular formula is C26H14Cl2N4O2. The first-order chi connectivity index (χ1) is 16.4. The fraction of sp³-hybridized carbons (Fsp3) is 0.154. The van der Waals surface area contributed by atoms with Crippen LogP contribution in [0.25, 0.3) is 0 Å². The van der Waals surface area contributed by atoms with Gasteiger partial charge in [0.2, 0.25) is 11.8 Å². The van der Waals surface area contributed by atoms with Crippen LogP contribution in [0, 0.1) is 28.1 Å². The number of nitriles is 2. The molecular weight excluding hydrogens is 471 g/mol. The number of carbonyl (C=O) groups is 2. The zero-order valence-corrected chi connectivity index (χ0v) is 19.0. The molecule has 3 aliphatic rings.